The van der Waals surface area contributed by atoms with Gasteiger partial charge < -0.3 is 14.8 Å². The zero-order valence-electron chi connectivity index (χ0n) is 17.3. The second-order valence-electron chi connectivity index (χ2n) is 7.30. The van der Waals surface area contributed by atoms with Crippen LogP contribution in [0, 0.1) is 10.1 Å². The van der Waals surface area contributed by atoms with Gasteiger partial charge in [0.25, 0.3) is 5.69 Å². The van der Waals surface area contributed by atoms with Crippen LogP contribution in [0.5, 0.6) is 11.5 Å². The quantitative estimate of drug-likeness (QED) is 0.541. The third-order valence-electron chi connectivity index (χ3n) is 5.39. The topological polar surface area (TPSA) is 93.9 Å². The highest BCUT2D eigenvalue weighted by molar-refractivity contribution is 5.94. The fourth-order valence-corrected chi connectivity index (χ4v) is 3.83. The molecule has 0 spiro atoms. The van der Waals surface area contributed by atoms with Crippen LogP contribution in [-0.2, 0) is 4.79 Å². The Balaban J connectivity index is 1.75. The molecular formula is C22H27N3O5. The predicted molar refractivity (Wildman–Crippen MR) is 114 cm³/mol. The molecule has 1 fully saturated rings. The number of nitro groups is 1. The van der Waals surface area contributed by atoms with Gasteiger partial charge in [0.15, 0.2) is 0 Å². The van der Waals surface area contributed by atoms with Crippen molar-refractivity contribution in [2.75, 3.05) is 32.6 Å². The summed E-state index contributed by atoms with van der Waals surface area (Å²) in [7, 11) is 3.08. The molecule has 2 aromatic carbocycles. The summed E-state index contributed by atoms with van der Waals surface area (Å²) in [4.78, 5) is 25.8. The van der Waals surface area contributed by atoms with E-state index >= 15 is 0 Å². The molecule has 2 aromatic rings. The largest absolute Gasteiger partial charge is 0.497 e. The van der Waals surface area contributed by atoms with Crippen molar-refractivity contribution in [2.45, 2.75) is 31.7 Å². The highest BCUT2D eigenvalue weighted by Gasteiger charge is 2.25. The molecule has 1 atom stereocenters. The first kappa shape index (κ1) is 21.6. The van der Waals surface area contributed by atoms with Crippen molar-refractivity contribution in [1.29, 1.82) is 0 Å². The van der Waals surface area contributed by atoms with Gasteiger partial charge in [-0.25, -0.2) is 0 Å². The summed E-state index contributed by atoms with van der Waals surface area (Å²) in [5, 5.41) is 14.1. The van der Waals surface area contributed by atoms with Gasteiger partial charge in [-0.05, 0) is 49.2 Å². The number of hydrogen-bond donors (Lipinski definition) is 1. The van der Waals surface area contributed by atoms with E-state index in [2.05, 4.69) is 10.2 Å². The lowest BCUT2D eigenvalue weighted by molar-refractivity contribution is -0.384. The van der Waals surface area contributed by atoms with Crippen molar-refractivity contribution in [3.63, 3.8) is 0 Å². The Kier molecular flexibility index (Phi) is 7.24. The molecule has 8 heteroatoms. The van der Waals surface area contributed by atoms with Crippen LogP contribution in [0.3, 0.4) is 0 Å². The second-order valence-corrected chi connectivity index (χ2v) is 7.30. The number of methoxy groups -OCH3 is 2. The zero-order chi connectivity index (χ0) is 21.5. The molecule has 0 bridgehead atoms. The van der Waals surface area contributed by atoms with Gasteiger partial charge in [-0.1, -0.05) is 25.0 Å². The molecule has 0 saturated carbocycles. The number of hydrogen-bond acceptors (Lipinski definition) is 6. The molecule has 8 nitrogen and oxygen atoms in total. The molecule has 0 aromatic heterocycles. The van der Waals surface area contributed by atoms with Gasteiger partial charge in [-0.15, -0.1) is 0 Å². The van der Waals surface area contributed by atoms with Crippen molar-refractivity contribution >= 4 is 17.3 Å². The van der Waals surface area contributed by atoms with Gasteiger partial charge in [-0.2, -0.15) is 0 Å². The number of carbonyl (C=O) groups is 1. The SMILES string of the molecule is COc1ccc([C@H]2CCCCCN2CC(=O)Nc2ccc(OC)cc2[N+](=O)[O-])cc1. The van der Waals surface area contributed by atoms with Crippen molar-refractivity contribution in [3.05, 3.63) is 58.1 Å². The highest BCUT2D eigenvalue weighted by Crippen LogP contribution is 2.32. The van der Waals surface area contributed by atoms with Gasteiger partial charge in [0, 0.05) is 6.04 Å². The van der Waals surface area contributed by atoms with E-state index in [9.17, 15) is 14.9 Å². The van der Waals surface area contributed by atoms with E-state index in [1.54, 1.807) is 13.2 Å². The van der Waals surface area contributed by atoms with Crippen molar-refractivity contribution in [2.24, 2.45) is 0 Å². The minimum Gasteiger partial charge on any atom is -0.497 e. The third-order valence-corrected chi connectivity index (χ3v) is 5.39. The first-order valence-electron chi connectivity index (χ1n) is 10.0. The molecule has 0 unspecified atom stereocenters. The maximum Gasteiger partial charge on any atom is 0.296 e. The monoisotopic (exact) mass is 413 g/mol. The molecule has 3 rings (SSSR count). The molecule has 160 valence electrons. The van der Waals surface area contributed by atoms with Gasteiger partial charge in [0.05, 0.1) is 31.8 Å². The summed E-state index contributed by atoms with van der Waals surface area (Å²) in [5.41, 5.74) is 1.12. The molecule has 1 aliphatic heterocycles. The van der Waals surface area contributed by atoms with Crippen LogP contribution in [0.15, 0.2) is 42.5 Å². The average Bonchev–Trinajstić information content (AvgIpc) is 2.99. The predicted octanol–water partition coefficient (Wildman–Crippen LogP) is 4.17. The summed E-state index contributed by atoms with van der Waals surface area (Å²) >= 11 is 0. The zero-order valence-corrected chi connectivity index (χ0v) is 17.3. The molecule has 0 aliphatic carbocycles. The number of amides is 1. The fourth-order valence-electron chi connectivity index (χ4n) is 3.83. The van der Waals surface area contributed by atoms with E-state index in [0.29, 0.717) is 5.75 Å². The molecule has 1 saturated heterocycles. The number of rotatable bonds is 7. The summed E-state index contributed by atoms with van der Waals surface area (Å²) < 4.78 is 10.3. The normalized spacial score (nSPS) is 17.1. The van der Waals surface area contributed by atoms with E-state index in [1.807, 2.05) is 24.3 Å². The highest BCUT2D eigenvalue weighted by atomic mass is 16.6. The van der Waals surface area contributed by atoms with Crippen LogP contribution in [-0.4, -0.2) is 43.0 Å². The van der Waals surface area contributed by atoms with E-state index in [4.69, 9.17) is 9.47 Å². The van der Waals surface area contributed by atoms with Gasteiger partial charge in [-0.3, -0.25) is 19.8 Å². The van der Waals surface area contributed by atoms with Crippen molar-refractivity contribution in [3.8, 4) is 11.5 Å². The number of ether oxygens (including phenoxy) is 2. The number of likely N-dealkylation sites (tertiary alicyclic amines) is 1. The lowest BCUT2D eigenvalue weighted by Gasteiger charge is -2.29. The van der Waals surface area contributed by atoms with E-state index in [0.717, 1.165) is 43.5 Å². The molecular weight excluding hydrogens is 386 g/mol. The Morgan fingerprint density at radius 3 is 2.47 bits per heavy atom. The number of nitrogens with zero attached hydrogens (tertiary/aromatic N) is 2. The van der Waals surface area contributed by atoms with Crippen LogP contribution >= 0.6 is 0 Å². The molecule has 1 amide bonds. The lowest BCUT2D eigenvalue weighted by atomic mass is 10.0. The van der Waals surface area contributed by atoms with E-state index < -0.39 is 4.92 Å². The smallest absolute Gasteiger partial charge is 0.296 e. The Morgan fingerprint density at radius 1 is 1.10 bits per heavy atom. The number of carbonyl (C=O) groups excluding carboxylic acids is 1. The van der Waals surface area contributed by atoms with E-state index in [1.165, 1.54) is 19.2 Å². The Labute approximate surface area is 175 Å². The average molecular weight is 413 g/mol. The second kappa shape index (κ2) is 10.1. The number of anilines is 1. The minimum absolute atomic E-state index is 0.120. The minimum atomic E-state index is -0.524. The molecule has 1 aliphatic rings. The van der Waals surface area contributed by atoms with Crippen LogP contribution in [0.2, 0.25) is 0 Å². The van der Waals surface area contributed by atoms with Crippen molar-refractivity contribution in [1.82, 2.24) is 4.90 Å². The van der Waals surface area contributed by atoms with Crippen molar-refractivity contribution < 1.29 is 19.2 Å². The summed E-state index contributed by atoms with van der Waals surface area (Å²) in [5.74, 6) is 0.888. The van der Waals surface area contributed by atoms with Gasteiger partial charge in [0.2, 0.25) is 5.91 Å². The fraction of sp³-hybridized carbons (Fsp3) is 0.409. The summed E-state index contributed by atoms with van der Waals surface area (Å²) in [6, 6.07) is 12.4. The Bertz CT molecular complexity index is 885. The summed E-state index contributed by atoms with van der Waals surface area (Å²) in [6.45, 7) is 0.967. The van der Waals surface area contributed by atoms with Crippen LogP contribution in [0.1, 0.15) is 37.3 Å². The Hall–Kier alpha value is -3.13. The first-order valence-corrected chi connectivity index (χ1v) is 10.0. The maximum absolute atomic E-state index is 12.8. The molecule has 1 heterocycles. The van der Waals surface area contributed by atoms with Gasteiger partial charge in [0.1, 0.15) is 17.2 Å². The number of nitrogens with one attached hydrogen (secondary N) is 1. The van der Waals surface area contributed by atoms with Crippen LogP contribution in [0.25, 0.3) is 0 Å². The molecule has 0 radical (unpaired) electrons. The first-order chi connectivity index (χ1) is 14.5. The number of nitro benzene ring substituents is 1. The molecule has 30 heavy (non-hydrogen) atoms. The standard InChI is InChI=1S/C22H27N3O5/c1-29-17-9-7-16(8-10-17)20-6-4-3-5-13-24(20)15-22(26)23-19-12-11-18(30-2)14-21(19)25(27)28/h7-12,14,20H,3-6,13,15H2,1-2H3,(H,23,26)/t20-/m1/s1. The Morgan fingerprint density at radius 2 is 1.80 bits per heavy atom. The van der Waals surface area contributed by atoms with Gasteiger partial charge >= 0.3 is 0 Å². The molecule has 1 N–H and O–H groups in total. The van der Waals surface area contributed by atoms with Crippen LogP contribution < -0.4 is 14.8 Å². The number of benzene rings is 2. The van der Waals surface area contributed by atoms with Crippen LogP contribution in [0.4, 0.5) is 11.4 Å². The lowest BCUT2D eigenvalue weighted by Crippen LogP contribution is -2.36. The maximum atomic E-state index is 12.8. The summed E-state index contributed by atoms with van der Waals surface area (Å²) in [6.07, 6.45) is 4.19. The van der Waals surface area contributed by atoms with E-state index in [-0.39, 0.29) is 29.9 Å². The third kappa shape index (κ3) is 5.27.